The first-order valence-electron chi connectivity index (χ1n) is 4.78. The van der Waals surface area contributed by atoms with Crippen molar-refractivity contribution in [2.75, 3.05) is 27.7 Å². The third-order valence-electron chi connectivity index (χ3n) is 1.84. The van der Waals surface area contributed by atoms with Gasteiger partial charge >= 0.3 is 0 Å². The lowest BCUT2D eigenvalue weighted by Gasteiger charge is -2.22. The molecule has 1 N–H and O–H groups in total. The molecule has 0 aliphatic heterocycles. The van der Waals surface area contributed by atoms with E-state index in [9.17, 15) is 10.00 Å². The van der Waals surface area contributed by atoms with Crippen LogP contribution >= 0.6 is 7.77 Å². The largest absolute Gasteiger partial charge is 0.624 e. The zero-order chi connectivity index (χ0) is 11.5. The Labute approximate surface area is 91.7 Å². The van der Waals surface area contributed by atoms with Crippen LogP contribution in [0.15, 0.2) is 30.3 Å². The highest BCUT2D eigenvalue weighted by atomic mass is 31.1. The van der Waals surface area contributed by atoms with Crippen LogP contribution in [0.2, 0.25) is 0 Å². The van der Waals surface area contributed by atoms with Crippen LogP contribution in [-0.2, 0) is 0 Å². The lowest BCUT2D eigenvalue weighted by Crippen LogP contribution is -2.40. The third kappa shape index (κ3) is 4.10. The molecule has 0 heterocycles. The molecule has 0 radical (unpaired) electrons. The lowest BCUT2D eigenvalue weighted by atomic mass is 10.4. The molecule has 0 bridgehead atoms. The summed E-state index contributed by atoms with van der Waals surface area (Å²) in [5.41, 5.74) is 0.0590. The minimum Gasteiger partial charge on any atom is -0.624 e. The molecule has 1 rings (SSSR count). The average Bonchev–Trinajstić information content (AvgIpc) is 2.15. The Bertz CT molecular complexity index is 355. The first kappa shape index (κ1) is 12.3. The van der Waals surface area contributed by atoms with Gasteiger partial charge in [-0.2, -0.15) is 0 Å². The maximum absolute atomic E-state index is 11.9. The summed E-state index contributed by atoms with van der Waals surface area (Å²) in [7, 11) is 4.05. The van der Waals surface area contributed by atoms with Crippen LogP contribution in [0.25, 0.3) is 0 Å². The van der Waals surface area contributed by atoms with Gasteiger partial charge in [-0.3, -0.25) is 0 Å². The van der Waals surface area contributed by atoms with Crippen molar-refractivity contribution in [1.82, 2.24) is 0 Å². The number of aliphatic hydroxyl groups excluding tert-OH is 1. The topological polar surface area (TPSA) is 43.3 Å². The molecule has 0 amide bonds. The van der Waals surface area contributed by atoms with E-state index in [2.05, 4.69) is 0 Å². The highest BCUT2D eigenvalue weighted by Crippen LogP contribution is 2.13. The molecule has 0 aliphatic rings. The molecule has 0 saturated carbocycles. The smallest absolute Gasteiger partial charge is 0.279 e. The number of benzene rings is 1. The van der Waals surface area contributed by atoms with E-state index in [0.29, 0.717) is 16.3 Å². The fourth-order valence-corrected chi connectivity index (χ4v) is 2.49. The van der Waals surface area contributed by atoms with Gasteiger partial charge in [0.25, 0.3) is 5.48 Å². The van der Waals surface area contributed by atoms with Crippen LogP contribution in [0.1, 0.15) is 0 Å². The van der Waals surface area contributed by atoms with E-state index in [1.807, 2.05) is 39.3 Å². The molecule has 0 spiro atoms. The Morgan fingerprint density at radius 2 is 1.80 bits per heavy atom. The van der Waals surface area contributed by atoms with Gasteiger partial charge in [-0.05, 0) is 12.1 Å². The summed E-state index contributed by atoms with van der Waals surface area (Å²) in [5.74, 6) is 0. The van der Waals surface area contributed by atoms with Gasteiger partial charge in [0.1, 0.15) is 13.1 Å². The second kappa shape index (κ2) is 4.86. The van der Waals surface area contributed by atoms with Gasteiger partial charge < -0.3 is 14.5 Å². The van der Waals surface area contributed by atoms with Crippen molar-refractivity contribution in [3.63, 3.8) is 0 Å². The van der Waals surface area contributed by atoms with Gasteiger partial charge in [0.2, 0.25) is 0 Å². The molecule has 0 saturated heterocycles. The molecule has 0 aromatic heterocycles. The monoisotopic (exact) mass is 226 g/mol. The summed E-state index contributed by atoms with van der Waals surface area (Å²) in [6.45, 7) is 0.407. The highest BCUT2D eigenvalue weighted by Gasteiger charge is 2.18. The maximum Gasteiger partial charge on any atom is 0.279 e. The first-order chi connectivity index (χ1) is 6.90. The highest BCUT2D eigenvalue weighted by molar-refractivity contribution is 7.59. The third-order valence-corrected chi connectivity index (χ3v) is 3.22. The Hall–Kier alpha value is -0.730. The first-order valence-corrected chi connectivity index (χ1v) is 6.04. The Kier molecular flexibility index (Phi) is 4.00. The molecule has 15 heavy (non-hydrogen) atoms. The second-order valence-corrected chi connectivity index (χ2v) is 6.12. The fraction of sp³-hybridized carbons (Fsp3) is 0.364. The van der Waals surface area contributed by atoms with Crippen molar-refractivity contribution in [3.8, 4) is 0 Å². The van der Waals surface area contributed by atoms with Crippen molar-refractivity contribution in [2.45, 2.75) is 0 Å². The summed E-state index contributed by atoms with van der Waals surface area (Å²) < 4.78 is 0.569. The van der Waals surface area contributed by atoms with E-state index in [1.54, 1.807) is 12.1 Å². The zero-order valence-electron chi connectivity index (χ0n) is 9.34. The SMILES string of the molecule is C[N+](C)(C)C/C(O)=[P+](\[O-])c1ccccc1. The molecule has 1 atom stereocenters. The van der Waals surface area contributed by atoms with E-state index in [4.69, 9.17) is 0 Å². The van der Waals surface area contributed by atoms with Crippen molar-refractivity contribution < 1.29 is 14.5 Å². The molecule has 1 unspecified atom stereocenters. The van der Waals surface area contributed by atoms with Crippen molar-refractivity contribution in [3.05, 3.63) is 30.3 Å². The minimum atomic E-state index is -1.79. The number of quaternary nitrogens is 1. The Balaban J connectivity index is 2.91. The predicted molar refractivity (Wildman–Crippen MR) is 62.8 cm³/mol. The van der Waals surface area contributed by atoms with Gasteiger partial charge in [-0.1, -0.05) is 18.2 Å². The van der Waals surface area contributed by atoms with Gasteiger partial charge in [0, 0.05) is 0 Å². The predicted octanol–water partition coefficient (Wildman–Crippen LogP) is 0.278. The molecular weight excluding hydrogens is 209 g/mol. The number of rotatable bonds is 3. The average molecular weight is 226 g/mol. The number of likely N-dealkylation sites (N-methyl/N-ethyl adjacent to an activating group) is 1. The number of hydrogen-bond donors (Lipinski definition) is 1. The summed E-state index contributed by atoms with van der Waals surface area (Å²) >= 11 is 0. The zero-order valence-corrected chi connectivity index (χ0v) is 10.2. The number of aliphatic hydroxyl groups is 1. The molecular formula is C11H17NO2P+. The normalized spacial score (nSPS) is 13.7. The van der Waals surface area contributed by atoms with Crippen LogP contribution in [0, 0.1) is 0 Å². The summed E-state index contributed by atoms with van der Waals surface area (Å²) in [5, 5.41) is 10.4. The second-order valence-electron chi connectivity index (χ2n) is 4.49. The van der Waals surface area contributed by atoms with E-state index >= 15 is 0 Å². The van der Waals surface area contributed by atoms with Gasteiger partial charge in [0.05, 0.1) is 21.1 Å². The Morgan fingerprint density at radius 3 is 2.27 bits per heavy atom. The molecule has 82 valence electrons. The van der Waals surface area contributed by atoms with Gasteiger partial charge in [0.15, 0.2) is 6.54 Å². The van der Waals surface area contributed by atoms with E-state index in [1.165, 1.54) is 0 Å². The van der Waals surface area contributed by atoms with Crippen molar-refractivity contribution in [1.29, 1.82) is 0 Å². The maximum atomic E-state index is 11.9. The van der Waals surface area contributed by atoms with E-state index < -0.39 is 7.77 Å². The fourth-order valence-electron chi connectivity index (χ4n) is 1.20. The van der Waals surface area contributed by atoms with Crippen LogP contribution in [0.3, 0.4) is 0 Å². The molecule has 0 aliphatic carbocycles. The summed E-state index contributed by atoms with van der Waals surface area (Å²) in [6, 6.07) is 9.04. The molecule has 3 nitrogen and oxygen atoms in total. The van der Waals surface area contributed by atoms with Crippen LogP contribution < -0.4 is 10.2 Å². The van der Waals surface area contributed by atoms with E-state index in [0.717, 1.165) is 0 Å². The summed E-state index contributed by atoms with van der Waals surface area (Å²) in [6.07, 6.45) is 0. The van der Waals surface area contributed by atoms with Crippen LogP contribution in [0.4, 0.5) is 0 Å². The van der Waals surface area contributed by atoms with Crippen LogP contribution in [0.5, 0.6) is 0 Å². The standard InChI is InChI=1S/C11H16NO2P/c1-12(2,3)9-11(13)15(14)10-7-5-4-6-8-10/h4-8H,9H2,1-3H3/p+1. The lowest BCUT2D eigenvalue weighted by molar-refractivity contribution is -0.861. The summed E-state index contributed by atoms with van der Waals surface area (Å²) in [4.78, 5) is 11.9. The van der Waals surface area contributed by atoms with Crippen LogP contribution in [-0.4, -0.2) is 42.8 Å². The number of nitrogens with zero attached hydrogens (tertiary/aromatic N) is 1. The molecule has 4 heteroatoms. The Morgan fingerprint density at radius 1 is 1.27 bits per heavy atom. The van der Waals surface area contributed by atoms with Crippen molar-refractivity contribution >= 4 is 18.6 Å². The molecule has 0 fully saturated rings. The minimum absolute atomic E-state index is 0.0590. The van der Waals surface area contributed by atoms with Gasteiger partial charge in [-0.25, -0.2) is 0 Å². The molecule has 1 aromatic carbocycles. The van der Waals surface area contributed by atoms with Crippen molar-refractivity contribution in [2.24, 2.45) is 0 Å². The number of hydrogen-bond acceptors (Lipinski definition) is 1. The molecule has 1 aromatic rings. The quantitative estimate of drug-likeness (QED) is 0.594. The van der Waals surface area contributed by atoms with E-state index in [-0.39, 0.29) is 5.48 Å². The van der Waals surface area contributed by atoms with Gasteiger partial charge in [-0.15, -0.1) is 0 Å².